The zero-order valence-electron chi connectivity index (χ0n) is 9.54. The van der Waals surface area contributed by atoms with Gasteiger partial charge in [-0.25, -0.2) is 0 Å². The lowest BCUT2D eigenvalue weighted by molar-refractivity contribution is 0.694. The normalized spacial score (nSPS) is 12.6. The minimum atomic E-state index is 0.162. The number of aryl methyl sites for hydroxylation is 1. The maximum Gasteiger partial charge on any atom is 0.0364 e. The van der Waals surface area contributed by atoms with Crippen LogP contribution in [0.4, 0.5) is 5.69 Å². The van der Waals surface area contributed by atoms with Gasteiger partial charge in [-0.05, 0) is 36.6 Å². The van der Waals surface area contributed by atoms with Crippen molar-refractivity contribution in [1.82, 2.24) is 0 Å². The van der Waals surface area contributed by atoms with Crippen LogP contribution in [0.5, 0.6) is 0 Å². The largest absolute Gasteiger partial charge is 0.378 e. The van der Waals surface area contributed by atoms with E-state index in [0.717, 1.165) is 6.42 Å². The van der Waals surface area contributed by atoms with E-state index in [9.17, 15) is 0 Å². The lowest BCUT2D eigenvalue weighted by Crippen LogP contribution is -2.13. The molecule has 78 valence electrons. The smallest absolute Gasteiger partial charge is 0.0364 e. The first-order valence-electron chi connectivity index (χ1n) is 5.09. The second-order valence-electron chi connectivity index (χ2n) is 3.95. The summed E-state index contributed by atoms with van der Waals surface area (Å²) in [4.78, 5) is 2.10. The molecule has 0 aliphatic heterocycles. The van der Waals surface area contributed by atoms with E-state index in [1.165, 1.54) is 16.8 Å². The second kappa shape index (κ2) is 4.47. The van der Waals surface area contributed by atoms with Crippen LogP contribution in [0, 0.1) is 6.92 Å². The van der Waals surface area contributed by atoms with Gasteiger partial charge in [0.2, 0.25) is 0 Å². The van der Waals surface area contributed by atoms with E-state index in [-0.39, 0.29) is 6.04 Å². The van der Waals surface area contributed by atoms with Gasteiger partial charge in [-0.2, -0.15) is 0 Å². The Morgan fingerprint density at radius 2 is 2.00 bits per heavy atom. The molecule has 0 bridgehead atoms. The molecule has 14 heavy (non-hydrogen) atoms. The topological polar surface area (TPSA) is 29.3 Å². The molecule has 0 saturated heterocycles. The van der Waals surface area contributed by atoms with E-state index >= 15 is 0 Å². The van der Waals surface area contributed by atoms with Gasteiger partial charge in [-0.1, -0.05) is 13.0 Å². The average molecular weight is 192 g/mol. The summed E-state index contributed by atoms with van der Waals surface area (Å²) in [6.45, 7) is 4.23. The Hall–Kier alpha value is -1.02. The lowest BCUT2D eigenvalue weighted by atomic mass is 9.99. The van der Waals surface area contributed by atoms with Gasteiger partial charge in [0.1, 0.15) is 0 Å². The van der Waals surface area contributed by atoms with Crippen LogP contribution in [-0.2, 0) is 0 Å². The molecule has 0 heterocycles. The van der Waals surface area contributed by atoms with Crippen LogP contribution in [0.25, 0.3) is 0 Å². The van der Waals surface area contributed by atoms with Gasteiger partial charge in [-0.3, -0.25) is 0 Å². The number of nitrogens with two attached hydrogens (primary N) is 1. The molecule has 0 fully saturated rings. The highest BCUT2D eigenvalue weighted by molar-refractivity contribution is 5.50. The van der Waals surface area contributed by atoms with E-state index < -0.39 is 0 Å². The number of hydrogen-bond acceptors (Lipinski definition) is 2. The van der Waals surface area contributed by atoms with E-state index in [0.29, 0.717) is 0 Å². The summed E-state index contributed by atoms with van der Waals surface area (Å²) in [5, 5.41) is 0. The van der Waals surface area contributed by atoms with Crippen molar-refractivity contribution in [3.63, 3.8) is 0 Å². The van der Waals surface area contributed by atoms with Gasteiger partial charge < -0.3 is 10.6 Å². The average Bonchev–Trinajstić information content (AvgIpc) is 2.17. The van der Waals surface area contributed by atoms with Crippen LogP contribution in [0.1, 0.15) is 30.5 Å². The lowest BCUT2D eigenvalue weighted by Gasteiger charge is -2.18. The Balaban J connectivity index is 3.08. The number of benzene rings is 1. The summed E-state index contributed by atoms with van der Waals surface area (Å²) in [6, 6.07) is 6.61. The predicted octanol–water partition coefficient (Wildman–Crippen LogP) is 2.47. The molecule has 0 unspecified atom stereocenters. The van der Waals surface area contributed by atoms with Gasteiger partial charge in [0, 0.05) is 25.8 Å². The number of hydrogen-bond donors (Lipinski definition) is 1. The molecule has 0 amide bonds. The minimum Gasteiger partial charge on any atom is -0.378 e. The summed E-state index contributed by atoms with van der Waals surface area (Å²) in [5.74, 6) is 0. The third kappa shape index (κ3) is 2.26. The van der Waals surface area contributed by atoms with Crippen LogP contribution in [0.3, 0.4) is 0 Å². The first-order chi connectivity index (χ1) is 6.56. The summed E-state index contributed by atoms with van der Waals surface area (Å²) < 4.78 is 0. The molecular formula is C12H20N2. The minimum absolute atomic E-state index is 0.162. The molecule has 1 atom stereocenters. The molecule has 2 heteroatoms. The van der Waals surface area contributed by atoms with Crippen molar-refractivity contribution in [3.05, 3.63) is 29.3 Å². The molecule has 1 aromatic carbocycles. The van der Waals surface area contributed by atoms with Crippen molar-refractivity contribution in [1.29, 1.82) is 0 Å². The van der Waals surface area contributed by atoms with Gasteiger partial charge in [0.05, 0.1) is 0 Å². The van der Waals surface area contributed by atoms with E-state index in [1.54, 1.807) is 0 Å². The third-order valence-electron chi connectivity index (χ3n) is 2.62. The van der Waals surface area contributed by atoms with Crippen LogP contribution in [-0.4, -0.2) is 14.1 Å². The molecule has 0 saturated carbocycles. The number of rotatable bonds is 3. The van der Waals surface area contributed by atoms with Gasteiger partial charge in [0.15, 0.2) is 0 Å². The van der Waals surface area contributed by atoms with Crippen LogP contribution in [0.15, 0.2) is 18.2 Å². The maximum absolute atomic E-state index is 6.05. The summed E-state index contributed by atoms with van der Waals surface area (Å²) in [6.07, 6.45) is 0.984. The SMILES string of the molecule is CC[C@H](N)c1cc(N(C)C)ccc1C. The summed E-state index contributed by atoms with van der Waals surface area (Å²) in [5.41, 5.74) is 9.81. The van der Waals surface area contributed by atoms with Crippen LogP contribution in [0.2, 0.25) is 0 Å². The van der Waals surface area contributed by atoms with Crippen molar-refractivity contribution < 1.29 is 0 Å². The highest BCUT2D eigenvalue weighted by atomic mass is 15.1. The van der Waals surface area contributed by atoms with Gasteiger partial charge >= 0.3 is 0 Å². The summed E-state index contributed by atoms with van der Waals surface area (Å²) >= 11 is 0. The molecule has 2 nitrogen and oxygen atoms in total. The molecule has 0 aliphatic carbocycles. The van der Waals surface area contributed by atoms with E-state index in [1.807, 2.05) is 14.1 Å². The van der Waals surface area contributed by atoms with Crippen LogP contribution >= 0.6 is 0 Å². The fourth-order valence-electron chi connectivity index (χ4n) is 1.53. The Morgan fingerprint density at radius 1 is 1.36 bits per heavy atom. The Morgan fingerprint density at radius 3 is 2.50 bits per heavy atom. The first-order valence-corrected chi connectivity index (χ1v) is 5.09. The molecule has 0 aromatic heterocycles. The highest BCUT2D eigenvalue weighted by Crippen LogP contribution is 2.23. The third-order valence-corrected chi connectivity index (χ3v) is 2.62. The van der Waals surface area contributed by atoms with E-state index in [4.69, 9.17) is 5.73 Å². The van der Waals surface area contributed by atoms with Gasteiger partial charge in [-0.15, -0.1) is 0 Å². The highest BCUT2D eigenvalue weighted by Gasteiger charge is 2.08. The maximum atomic E-state index is 6.05. The Kier molecular flexibility index (Phi) is 3.53. The molecular weight excluding hydrogens is 172 g/mol. The fraction of sp³-hybridized carbons (Fsp3) is 0.500. The van der Waals surface area contributed by atoms with E-state index in [2.05, 4.69) is 36.9 Å². The molecule has 0 spiro atoms. The fourth-order valence-corrected chi connectivity index (χ4v) is 1.53. The van der Waals surface area contributed by atoms with Crippen molar-refractivity contribution in [2.75, 3.05) is 19.0 Å². The first kappa shape index (κ1) is 11.1. The van der Waals surface area contributed by atoms with Gasteiger partial charge in [0.25, 0.3) is 0 Å². The van der Waals surface area contributed by atoms with Crippen molar-refractivity contribution in [2.45, 2.75) is 26.3 Å². The summed E-state index contributed by atoms with van der Waals surface area (Å²) in [7, 11) is 4.10. The number of nitrogens with zero attached hydrogens (tertiary/aromatic N) is 1. The standard InChI is InChI=1S/C12H20N2/c1-5-12(13)11-8-10(14(3)4)7-6-9(11)2/h6-8,12H,5,13H2,1-4H3/t12-/m0/s1. The Labute approximate surface area is 86.7 Å². The van der Waals surface area contributed by atoms with Crippen molar-refractivity contribution in [2.24, 2.45) is 5.73 Å². The molecule has 1 rings (SSSR count). The second-order valence-corrected chi connectivity index (χ2v) is 3.95. The van der Waals surface area contributed by atoms with Crippen molar-refractivity contribution in [3.8, 4) is 0 Å². The zero-order valence-corrected chi connectivity index (χ0v) is 9.54. The molecule has 0 aliphatic rings. The zero-order chi connectivity index (χ0) is 10.7. The quantitative estimate of drug-likeness (QED) is 0.797. The van der Waals surface area contributed by atoms with Crippen molar-refractivity contribution >= 4 is 5.69 Å². The molecule has 1 aromatic rings. The predicted molar refractivity (Wildman–Crippen MR) is 62.7 cm³/mol. The molecule has 0 radical (unpaired) electrons. The number of anilines is 1. The molecule has 2 N–H and O–H groups in total. The van der Waals surface area contributed by atoms with Crippen LogP contribution < -0.4 is 10.6 Å². The Bertz CT molecular complexity index is 305. The monoisotopic (exact) mass is 192 g/mol.